The van der Waals surface area contributed by atoms with Gasteiger partial charge in [0, 0.05) is 18.7 Å². The van der Waals surface area contributed by atoms with Crippen LogP contribution in [0.3, 0.4) is 0 Å². The second-order valence-corrected chi connectivity index (χ2v) is 6.28. The molecule has 1 N–H and O–H groups in total. The van der Waals surface area contributed by atoms with E-state index in [0.29, 0.717) is 17.0 Å². The van der Waals surface area contributed by atoms with Crippen LogP contribution in [0.25, 0.3) is 0 Å². The molecule has 2 amide bonds. The zero-order chi connectivity index (χ0) is 16.0. The van der Waals surface area contributed by atoms with Gasteiger partial charge >= 0.3 is 0 Å². The molecule has 116 valence electrons. The monoisotopic (exact) mass is 326 g/mol. The average Bonchev–Trinajstić information content (AvgIpc) is 2.96. The summed E-state index contributed by atoms with van der Waals surface area (Å²) in [6.45, 7) is 0.739. The van der Waals surface area contributed by atoms with Crippen molar-refractivity contribution in [3.63, 3.8) is 0 Å². The highest BCUT2D eigenvalue weighted by Gasteiger charge is 2.31. The highest BCUT2D eigenvalue weighted by atomic mass is 35.5. The lowest BCUT2D eigenvalue weighted by atomic mass is 9.98. The molecular formula is C18H15ClN2O2. The Morgan fingerprint density at radius 2 is 1.83 bits per heavy atom. The number of nitrogens with one attached hydrogen (secondary N) is 1. The van der Waals surface area contributed by atoms with Gasteiger partial charge in [0.05, 0.1) is 16.3 Å². The molecule has 2 aromatic carbocycles. The molecule has 23 heavy (non-hydrogen) atoms. The first-order valence-electron chi connectivity index (χ1n) is 7.65. The Labute approximate surface area is 139 Å². The molecule has 0 aromatic heterocycles. The van der Waals surface area contributed by atoms with Gasteiger partial charge in [0.1, 0.15) is 0 Å². The van der Waals surface area contributed by atoms with Crippen LogP contribution in [-0.4, -0.2) is 18.4 Å². The molecule has 0 aliphatic carbocycles. The Morgan fingerprint density at radius 1 is 1.09 bits per heavy atom. The van der Waals surface area contributed by atoms with Crippen LogP contribution in [0.2, 0.25) is 5.02 Å². The van der Waals surface area contributed by atoms with Gasteiger partial charge < -0.3 is 10.2 Å². The van der Waals surface area contributed by atoms with Gasteiger partial charge in [-0.2, -0.15) is 0 Å². The number of carbonyl (C=O) groups is 2. The van der Waals surface area contributed by atoms with Gasteiger partial charge in [-0.05, 0) is 48.2 Å². The van der Waals surface area contributed by atoms with E-state index in [1.54, 1.807) is 24.3 Å². The highest BCUT2D eigenvalue weighted by Crippen LogP contribution is 2.38. The van der Waals surface area contributed by atoms with Gasteiger partial charge in [-0.25, -0.2) is 0 Å². The van der Waals surface area contributed by atoms with E-state index in [-0.39, 0.29) is 11.8 Å². The summed E-state index contributed by atoms with van der Waals surface area (Å²) in [6.07, 6.45) is 2.10. The van der Waals surface area contributed by atoms with E-state index in [0.717, 1.165) is 41.9 Å². The van der Waals surface area contributed by atoms with Crippen LogP contribution in [0.4, 0.5) is 11.4 Å². The van der Waals surface area contributed by atoms with Crippen molar-refractivity contribution in [2.75, 3.05) is 16.8 Å². The third-order valence-electron chi connectivity index (χ3n) is 4.43. The Balaban J connectivity index is 1.66. The molecule has 0 saturated carbocycles. The molecule has 2 heterocycles. The Morgan fingerprint density at radius 3 is 2.61 bits per heavy atom. The first-order chi connectivity index (χ1) is 11.1. The highest BCUT2D eigenvalue weighted by molar-refractivity contribution is 6.34. The van der Waals surface area contributed by atoms with Crippen LogP contribution in [-0.2, 0) is 17.6 Å². The summed E-state index contributed by atoms with van der Waals surface area (Å²) in [5.41, 5.74) is 4.54. The van der Waals surface area contributed by atoms with E-state index in [2.05, 4.69) is 5.32 Å². The first kappa shape index (κ1) is 14.3. The molecule has 0 bridgehead atoms. The number of rotatable bonds is 2. The summed E-state index contributed by atoms with van der Waals surface area (Å²) >= 11 is 6.08. The van der Waals surface area contributed by atoms with Crippen LogP contribution < -0.4 is 10.2 Å². The lowest BCUT2D eigenvalue weighted by Crippen LogP contribution is -2.32. The van der Waals surface area contributed by atoms with Crippen molar-refractivity contribution in [2.24, 2.45) is 0 Å². The number of nitrogens with zero attached hydrogens (tertiary/aromatic N) is 1. The lowest BCUT2D eigenvalue weighted by molar-refractivity contribution is -0.118. The van der Waals surface area contributed by atoms with Crippen LogP contribution in [0.1, 0.15) is 27.9 Å². The third kappa shape index (κ3) is 2.39. The largest absolute Gasteiger partial charge is 0.322 e. The smallest absolute Gasteiger partial charge is 0.257 e. The van der Waals surface area contributed by atoms with Crippen LogP contribution in [0.15, 0.2) is 36.4 Å². The fourth-order valence-corrected chi connectivity index (χ4v) is 3.60. The van der Waals surface area contributed by atoms with E-state index in [9.17, 15) is 9.59 Å². The molecule has 0 saturated heterocycles. The Kier molecular flexibility index (Phi) is 3.34. The minimum Gasteiger partial charge on any atom is -0.322 e. The lowest BCUT2D eigenvalue weighted by Gasteiger charge is -2.25. The summed E-state index contributed by atoms with van der Waals surface area (Å²) in [7, 11) is 0. The number of hydrogen-bond donors (Lipinski definition) is 1. The maximum absolute atomic E-state index is 12.4. The minimum atomic E-state index is -0.218. The fraction of sp³-hybridized carbons (Fsp3) is 0.222. The maximum Gasteiger partial charge on any atom is 0.257 e. The number of benzene rings is 2. The standard InChI is InChI=1S/C18H15ClN2O2/c19-15-4-2-1-3-14(15)18(23)20-13-9-11-5-6-16(22)21-8-7-12(10-13)17(11)21/h1-4,9-10H,5-8H2,(H,20,23). The fourth-order valence-electron chi connectivity index (χ4n) is 3.37. The van der Waals surface area contributed by atoms with Gasteiger partial charge in [-0.15, -0.1) is 0 Å². The summed E-state index contributed by atoms with van der Waals surface area (Å²) in [4.78, 5) is 26.2. The minimum absolute atomic E-state index is 0.198. The number of halogens is 1. The first-order valence-corrected chi connectivity index (χ1v) is 8.03. The van der Waals surface area contributed by atoms with Crippen molar-refractivity contribution in [1.29, 1.82) is 0 Å². The molecule has 4 nitrogen and oxygen atoms in total. The Hall–Kier alpha value is -2.33. The average molecular weight is 327 g/mol. The molecular weight excluding hydrogens is 312 g/mol. The number of aryl methyl sites for hydroxylation is 1. The van der Waals surface area contributed by atoms with Crippen molar-refractivity contribution in [3.8, 4) is 0 Å². The SMILES string of the molecule is O=C(Nc1cc2c3c(c1)CCN3C(=O)CC2)c1ccccc1Cl. The maximum atomic E-state index is 12.4. The number of anilines is 2. The topological polar surface area (TPSA) is 49.4 Å². The van der Waals surface area contributed by atoms with Crippen LogP contribution in [0, 0.1) is 0 Å². The predicted molar refractivity (Wildman–Crippen MR) is 90.2 cm³/mol. The van der Waals surface area contributed by atoms with Crippen molar-refractivity contribution in [3.05, 3.63) is 58.1 Å². The van der Waals surface area contributed by atoms with E-state index >= 15 is 0 Å². The second kappa shape index (κ2) is 5.39. The van der Waals surface area contributed by atoms with E-state index in [1.165, 1.54) is 0 Å². The van der Waals surface area contributed by atoms with Crippen LogP contribution >= 0.6 is 11.6 Å². The molecule has 0 spiro atoms. The molecule has 2 aromatic rings. The van der Waals surface area contributed by atoms with Gasteiger partial charge in [-0.1, -0.05) is 23.7 Å². The van der Waals surface area contributed by atoms with Crippen molar-refractivity contribution in [2.45, 2.75) is 19.3 Å². The number of hydrogen-bond acceptors (Lipinski definition) is 2. The van der Waals surface area contributed by atoms with Crippen molar-refractivity contribution in [1.82, 2.24) is 0 Å². The predicted octanol–water partition coefficient (Wildman–Crippen LogP) is 3.43. The summed E-state index contributed by atoms with van der Waals surface area (Å²) in [5.74, 6) is -0.0198. The Bertz CT molecular complexity index is 832. The molecule has 0 fully saturated rings. The zero-order valence-electron chi connectivity index (χ0n) is 12.4. The third-order valence-corrected chi connectivity index (χ3v) is 4.76. The number of amides is 2. The zero-order valence-corrected chi connectivity index (χ0v) is 13.2. The normalized spacial score (nSPS) is 15.5. The van der Waals surface area contributed by atoms with Gasteiger partial charge in [-0.3, -0.25) is 9.59 Å². The molecule has 0 atom stereocenters. The van der Waals surface area contributed by atoms with Gasteiger partial charge in [0.2, 0.25) is 5.91 Å². The molecule has 2 aliphatic rings. The van der Waals surface area contributed by atoms with Gasteiger partial charge in [0.15, 0.2) is 0 Å². The molecule has 4 rings (SSSR count). The summed E-state index contributed by atoms with van der Waals surface area (Å²) in [6, 6.07) is 10.9. The van der Waals surface area contributed by atoms with Gasteiger partial charge in [0.25, 0.3) is 5.91 Å². The molecule has 5 heteroatoms. The molecule has 0 unspecified atom stereocenters. The van der Waals surface area contributed by atoms with E-state index in [4.69, 9.17) is 11.6 Å². The summed E-state index contributed by atoms with van der Waals surface area (Å²) in [5, 5.41) is 3.36. The van der Waals surface area contributed by atoms with Crippen molar-refractivity contribution >= 4 is 34.8 Å². The van der Waals surface area contributed by atoms with Crippen molar-refractivity contribution < 1.29 is 9.59 Å². The van der Waals surface area contributed by atoms with E-state index in [1.807, 2.05) is 17.0 Å². The molecule has 0 radical (unpaired) electrons. The molecule has 2 aliphatic heterocycles. The van der Waals surface area contributed by atoms with Crippen LogP contribution in [0.5, 0.6) is 0 Å². The van der Waals surface area contributed by atoms with E-state index < -0.39 is 0 Å². The quantitative estimate of drug-likeness (QED) is 0.919. The number of carbonyl (C=O) groups excluding carboxylic acids is 2. The second-order valence-electron chi connectivity index (χ2n) is 5.87. The summed E-state index contributed by atoms with van der Waals surface area (Å²) < 4.78 is 0.